The lowest BCUT2D eigenvalue weighted by molar-refractivity contribution is -0.114. The van der Waals surface area contributed by atoms with E-state index in [2.05, 4.69) is 15.6 Å². The second-order valence-corrected chi connectivity index (χ2v) is 5.92. The quantitative estimate of drug-likeness (QED) is 0.727. The van der Waals surface area contributed by atoms with Crippen LogP contribution in [0.2, 0.25) is 0 Å². The minimum Gasteiger partial charge on any atom is -0.497 e. The molecule has 0 saturated carbocycles. The lowest BCUT2D eigenvalue weighted by atomic mass is 10.2. The van der Waals surface area contributed by atoms with Gasteiger partial charge in [-0.1, -0.05) is 0 Å². The Balaban J connectivity index is 1.83. The Labute approximate surface area is 147 Å². The molecular weight excluding hydrogens is 342 g/mol. The predicted molar refractivity (Wildman–Crippen MR) is 95.1 cm³/mol. The number of amides is 2. The van der Waals surface area contributed by atoms with Gasteiger partial charge in [-0.25, -0.2) is 4.98 Å². The summed E-state index contributed by atoms with van der Waals surface area (Å²) in [4.78, 5) is 28.1. The van der Waals surface area contributed by atoms with Gasteiger partial charge in [0.05, 0.1) is 24.7 Å². The lowest BCUT2D eigenvalue weighted by Crippen LogP contribution is -2.15. The summed E-state index contributed by atoms with van der Waals surface area (Å²) < 4.78 is 10.4. The highest BCUT2D eigenvalue weighted by Crippen LogP contribution is 2.29. The molecule has 0 spiro atoms. The number of carbonyl (C=O) groups excluding carboxylic acids is 2. The fourth-order valence-electron chi connectivity index (χ4n) is 2.13. The van der Waals surface area contributed by atoms with Crippen molar-refractivity contribution in [1.82, 2.24) is 4.98 Å². The van der Waals surface area contributed by atoms with E-state index in [1.807, 2.05) is 0 Å². The average molecular weight is 357 g/mol. The Bertz CT molecular complexity index is 903. The number of anilines is 2. The number of nitrogens with one attached hydrogen (secondary N) is 2. The zero-order valence-corrected chi connectivity index (χ0v) is 14.3. The summed E-state index contributed by atoms with van der Waals surface area (Å²) in [6, 6.07) is 8.51. The van der Waals surface area contributed by atoms with E-state index in [1.165, 1.54) is 25.4 Å². The second-order valence-electron chi connectivity index (χ2n) is 5.06. The molecule has 0 bridgehead atoms. The molecule has 2 amide bonds. The number of carbonyl (C=O) groups is 2. The molecule has 128 valence electrons. The Kier molecular flexibility index (Phi) is 4.80. The number of hydrogen-bond acceptors (Lipinski definition) is 6. The first-order valence-corrected chi connectivity index (χ1v) is 8.21. The Morgan fingerprint density at radius 1 is 1.20 bits per heavy atom. The minimum atomic E-state index is -0.395. The molecule has 2 N–H and O–H groups in total. The molecule has 0 aliphatic rings. The maximum Gasteiger partial charge on any atom is 0.275 e. The lowest BCUT2D eigenvalue weighted by Gasteiger charge is -2.12. The summed E-state index contributed by atoms with van der Waals surface area (Å²) in [5.41, 5.74) is 1.16. The molecule has 25 heavy (non-hydrogen) atoms. The number of thiazole rings is 1. The number of rotatable bonds is 5. The first-order chi connectivity index (χ1) is 12.1. The van der Waals surface area contributed by atoms with Crippen LogP contribution in [0.1, 0.15) is 17.4 Å². The van der Waals surface area contributed by atoms with Crippen LogP contribution in [-0.2, 0) is 4.79 Å². The third-order valence-electron chi connectivity index (χ3n) is 3.25. The van der Waals surface area contributed by atoms with Crippen LogP contribution in [0.3, 0.4) is 0 Å². The van der Waals surface area contributed by atoms with Crippen LogP contribution in [0.5, 0.6) is 5.75 Å². The molecule has 0 unspecified atom stereocenters. The molecule has 0 aliphatic heterocycles. The molecule has 0 aliphatic carbocycles. The molecular formula is C17H15N3O4S. The van der Waals surface area contributed by atoms with Crippen molar-refractivity contribution in [2.45, 2.75) is 6.92 Å². The van der Waals surface area contributed by atoms with Gasteiger partial charge in [-0.3, -0.25) is 9.59 Å². The maximum absolute atomic E-state index is 12.5. The minimum absolute atomic E-state index is 0.241. The van der Waals surface area contributed by atoms with Crippen molar-refractivity contribution in [3.05, 3.63) is 47.7 Å². The van der Waals surface area contributed by atoms with Crippen LogP contribution < -0.4 is 15.4 Å². The summed E-state index contributed by atoms with van der Waals surface area (Å²) in [6.07, 6.45) is 1.55. The SMILES string of the molecule is COc1ccc(NC(C)=O)c(NC(=O)c2csc(-c3ccco3)n2)c1. The number of nitrogens with zero attached hydrogens (tertiary/aromatic N) is 1. The standard InChI is InChI=1S/C17H15N3O4S/c1-10(21)18-12-6-5-11(23-2)8-13(12)19-16(22)14-9-25-17(20-14)15-4-3-7-24-15/h3-9H,1-2H3,(H,18,21)(H,19,22). The van der Waals surface area contributed by atoms with Gasteiger partial charge >= 0.3 is 0 Å². The zero-order chi connectivity index (χ0) is 17.8. The Morgan fingerprint density at radius 3 is 2.72 bits per heavy atom. The van der Waals surface area contributed by atoms with Gasteiger partial charge in [-0.2, -0.15) is 0 Å². The van der Waals surface area contributed by atoms with Crippen molar-refractivity contribution in [3.63, 3.8) is 0 Å². The van der Waals surface area contributed by atoms with Gasteiger partial charge in [-0.15, -0.1) is 11.3 Å². The number of hydrogen-bond donors (Lipinski definition) is 2. The third-order valence-corrected chi connectivity index (χ3v) is 4.11. The van der Waals surface area contributed by atoms with Gasteiger partial charge in [0.25, 0.3) is 5.91 Å². The molecule has 0 fully saturated rings. The Morgan fingerprint density at radius 2 is 2.04 bits per heavy atom. The molecule has 2 aromatic heterocycles. The van der Waals surface area contributed by atoms with Crippen molar-refractivity contribution in [3.8, 4) is 16.5 Å². The molecule has 0 radical (unpaired) electrons. The van der Waals surface area contributed by atoms with E-state index in [0.29, 0.717) is 27.9 Å². The zero-order valence-electron chi connectivity index (χ0n) is 13.5. The topological polar surface area (TPSA) is 93.5 Å². The molecule has 3 aromatic rings. The number of aromatic nitrogens is 1. The summed E-state index contributed by atoms with van der Waals surface area (Å²) in [7, 11) is 1.52. The van der Waals surface area contributed by atoms with Crippen molar-refractivity contribution < 1.29 is 18.7 Å². The number of methoxy groups -OCH3 is 1. The predicted octanol–water partition coefficient (Wildman–Crippen LogP) is 3.62. The van der Waals surface area contributed by atoms with Crippen LogP contribution in [0.25, 0.3) is 10.8 Å². The summed E-state index contributed by atoms with van der Waals surface area (Å²) in [5.74, 6) is 0.520. The fourth-order valence-corrected chi connectivity index (χ4v) is 2.90. The van der Waals surface area contributed by atoms with Crippen LogP contribution in [-0.4, -0.2) is 23.9 Å². The second kappa shape index (κ2) is 7.18. The van der Waals surface area contributed by atoms with E-state index in [4.69, 9.17) is 9.15 Å². The van der Waals surface area contributed by atoms with Crippen molar-refractivity contribution >= 4 is 34.5 Å². The first kappa shape index (κ1) is 16.7. The molecule has 8 heteroatoms. The average Bonchev–Trinajstić information content (AvgIpc) is 3.27. The van der Waals surface area contributed by atoms with E-state index < -0.39 is 5.91 Å². The Hall–Kier alpha value is -3.13. The molecule has 0 atom stereocenters. The summed E-state index contributed by atoms with van der Waals surface area (Å²) in [5, 5.41) is 7.67. The molecule has 7 nitrogen and oxygen atoms in total. The molecule has 2 heterocycles. The number of furan rings is 1. The summed E-state index contributed by atoms with van der Waals surface area (Å²) in [6.45, 7) is 1.39. The maximum atomic E-state index is 12.5. The van der Waals surface area contributed by atoms with Crippen LogP contribution in [0, 0.1) is 0 Å². The highest BCUT2D eigenvalue weighted by molar-refractivity contribution is 7.13. The molecule has 1 aromatic carbocycles. The van der Waals surface area contributed by atoms with E-state index in [0.717, 1.165) is 0 Å². The van der Waals surface area contributed by atoms with Gasteiger partial charge in [0.2, 0.25) is 5.91 Å². The highest BCUT2D eigenvalue weighted by atomic mass is 32.1. The highest BCUT2D eigenvalue weighted by Gasteiger charge is 2.16. The van der Waals surface area contributed by atoms with E-state index in [-0.39, 0.29) is 11.6 Å². The van der Waals surface area contributed by atoms with Crippen LogP contribution >= 0.6 is 11.3 Å². The van der Waals surface area contributed by atoms with Gasteiger partial charge < -0.3 is 19.8 Å². The van der Waals surface area contributed by atoms with E-state index in [1.54, 1.807) is 42.0 Å². The van der Waals surface area contributed by atoms with Crippen LogP contribution in [0.15, 0.2) is 46.4 Å². The van der Waals surface area contributed by atoms with Crippen molar-refractivity contribution in [1.29, 1.82) is 0 Å². The van der Waals surface area contributed by atoms with E-state index in [9.17, 15) is 9.59 Å². The normalized spacial score (nSPS) is 10.3. The van der Waals surface area contributed by atoms with Crippen molar-refractivity contribution in [2.24, 2.45) is 0 Å². The van der Waals surface area contributed by atoms with Gasteiger partial charge in [-0.05, 0) is 24.3 Å². The number of benzene rings is 1. The fraction of sp³-hybridized carbons (Fsp3) is 0.118. The largest absolute Gasteiger partial charge is 0.497 e. The van der Waals surface area contributed by atoms with Gasteiger partial charge in [0, 0.05) is 18.4 Å². The summed E-state index contributed by atoms with van der Waals surface area (Å²) >= 11 is 1.31. The van der Waals surface area contributed by atoms with Crippen LogP contribution in [0.4, 0.5) is 11.4 Å². The number of ether oxygens (including phenoxy) is 1. The first-order valence-electron chi connectivity index (χ1n) is 7.33. The van der Waals surface area contributed by atoms with Crippen molar-refractivity contribution in [2.75, 3.05) is 17.7 Å². The smallest absolute Gasteiger partial charge is 0.275 e. The van der Waals surface area contributed by atoms with E-state index >= 15 is 0 Å². The molecule has 0 saturated heterocycles. The monoisotopic (exact) mass is 357 g/mol. The van der Waals surface area contributed by atoms with Gasteiger partial charge in [0.1, 0.15) is 11.4 Å². The molecule has 3 rings (SSSR count). The third kappa shape index (κ3) is 3.86. The van der Waals surface area contributed by atoms with Gasteiger partial charge in [0.15, 0.2) is 10.8 Å².